The minimum atomic E-state index is -1.28. The molecule has 0 aliphatic rings. The fourth-order valence-corrected chi connectivity index (χ4v) is 1.51. The zero-order valence-corrected chi connectivity index (χ0v) is 11.2. The van der Waals surface area contributed by atoms with Gasteiger partial charge in [-0.2, -0.15) is 0 Å². The van der Waals surface area contributed by atoms with E-state index in [1.807, 2.05) is 0 Å². The summed E-state index contributed by atoms with van der Waals surface area (Å²) in [6.45, 7) is 0.607. The van der Waals surface area contributed by atoms with Crippen LogP contribution in [0, 0.1) is 0 Å². The van der Waals surface area contributed by atoms with Crippen molar-refractivity contribution < 1.29 is 29.7 Å². The van der Waals surface area contributed by atoms with E-state index in [2.05, 4.69) is 5.32 Å². The van der Waals surface area contributed by atoms with Gasteiger partial charge in [0.25, 0.3) is 0 Å². The van der Waals surface area contributed by atoms with Crippen molar-refractivity contribution in [1.29, 1.82) is 0 Å². The normalized spacial score (nSPS) is 15.3. The molecule has 0 spiro atoms. The molecule has 116 valence electrons. The molecule has 0 aromatic rings. The molecule has 0 rings (SSSR count). The number of carboxylic acid groups (broad SMARTS) is 1. The molecular weight excluding hydrogens is 269 g/mol. The Kier molecular flexibility index (Phi) is 9.73. The molecule has 3 atom stereocenters. The van der Waals surface area contributed by atoms with E-state index in [0.29, 0.717) is 25.8 Å². The number of Topliss-reactive ketones (excluding diaryl/α,β-unsaturated/α-hetero) is 1. The van der Waals surface area contributed by atoms with Gasteiger partial charge in [-0.15, -0.1) is 0 Å². The molecule has 8 nitrogen and oxygen atoms in total. The molecule has 0 radical (unpaired) electrons. The van der Waals surface area contributed by atoms with E-state index in [0.717, 1.165) is 0 Å². The Hall–Kier alpha value is -1.35. The van der Waals surface area contributed by atoms with Crippen LogP contribution in [0.5, 0.6) is 0 Å². The molecule has 0 unspecified atom stereocenters. The van der Waals surface area contributed by atoms with Crippen LogP contribution in [-0.4, -0.2) is 64.7 Å². The predicted molar refractivity (Wildman–Crippen MR) is 70.0 cm³/mol. The molecule has 0 aliphatic carbocycles. The number of hydrogen-bond acceptors (Lipinski definition) is 7. The van der Waals surface area contributed by atoms with Crippen LogP contribution in [0.1, 0.15) is 25.7 Å². The monoisotopic (exact) mass is 291 g/mol. The number of aliphatic hydroxyl groups excluding tert-OH is 2. The maximum Gasteiger partial charge on any atom is 0.320 e. The Balaban J connectivity index is 3.61. The third-order valence-electron chi connectivity index (χ3n) is 2.78. The average molecular weight is 291 g/mol. The molecule has 0 amide bonds. The summed E-state index contributed by atoms with van der Waals surface area (Å²) in [5.41, 5.74) is 5.33. The molecule has 0 bridgehead atoms. The highest BCUT2D eigenvalue weighted by molar-refractivity contribution is 6.25. The Morgan fingerprint density at radius 1 is 1.20 bits per heavy atom. The van der Waals surface area contributed by atoms with Gasteiger partial charge in [-0.1, -0.05) is 6.42 Å². The van der Waals surface area contributed by atoms with E-state index in [4.69, 9.17) is 10.8 Å². The molecule has 6 N–H and O–H groups in total. The van der Waals surface area contributed by atoms with Crippen LogP contribution >= 0.6 is 0 Å². The van der Waals surface area contributed by atoms with Crippen molar-refractivity contribution in [2.24, 2.45) is 5.73 Å². The van der Waals surface area contributed by atoms with E-state index in [-0.39, 0.29) is 12.8 Å². The molecular formula is C12H22N2O6. The van der Waals surface area contributed by atoms with Gasteiger partial charge >= 0.3 is 5.97 Å². The van der Waals surface area contributed by atoms with E-state index in [9.17, 15) is 24.6 Å². The lowest BCUT2D eigenvalue weighted by molar-refractivity contribution is -0.138. The first-order valence-corrected chi connectivity index (χ1v) is 6.41. The maximum absolute atomic E-state index is 10.7. The first-order valence-electron chi connectivity index (χ1n) is 6.41. The summed E-state index contributed by atoms with van der Waals surface area (Å²) < 4.78 is 0. The first kappa shape index (κ1) is 18.7. The summed E-state index contributed by atoms with van der Waals surface area (Å²) in [6.07, 6.45) is -1.04. The molecule has 0 fully saturated rings. The second-order valence-electron chi connectivity index (χ2n) is 4.57. The summed E-state index contributed by atoms with van der Waals surface area (Å²) in [6, 6.07) is -0.864. The van der Waals surface area contributed by atoms with Gasteiger partial charge in [0.2, 0.25) is 0 Å². The van der Waals surface area contributed by atoms with Crippen molar-refractivity contribution in [3.05, 3.63) is 0 Å². The molecule has 8 heteroatoms. The number of rotatable bonds is 12. The van der Waals surface area contributed by atoms with Gasteiger partial charge in [-0.05, 0) is 19.4 Å². The van der Waals surface area contributed by atoms with E-state index >= 15 is 0 Å². The van der Waals surface area contributed by atoms with Crippen LogP contribution in [0.2, 0.25) is 0 Å². The SMILES string of the molecule is N[C@@H](CCCCN[13CH2][C@@H](O)[C@@H](O)CC(=O)C=O)C(=O)O. The zero-order valence-electron chi connectivity index (χ0n) is 11.2. The molecule has 0 saturated heterocycles. The number of carbonyl (C=O) groups excluding carboxylic acids is 2. The van der Waals surface area contributed by atoms with Gasteiger partial charge in [0.05, 0.1) is 12.2 Å². The van der Waals surface area contributed by atoms with Crippen molar-refractivity contribution in [3.63, 3.8) is 0 Å². The number of nitrogens with one attached hydrogen (secondary N) is 1. The Morgan fingerprint density at radius 2 is 1.85 bits per heavy atom. The molecule has 0 aromatic heterocycles. The van der Waals surface area contributed by atoms with Gasteiger partial charge < -0.3 is 26.4 Å². The molecule has 20 heavy (non-hydrogen) atoms. The summed E-state index contributed by atoms with van der Waals surface area (Å²) in [7, 11) is 0. The third-order valence-corrected chi connectivity index (χ3v) is 2.78. The second kappa shape index (κ2) is 10.4. The van der Waals surface area contributed by atoms with Crippen LogP contribution in [-0.2, 0) is 14.4 Å². The topological polar surface area (TPSA) is 150 Å². The van der Waals surface area contributed by atoms with Crippen LogP contribution < -0.4 is 11.1 Å². The highest BCUT2D eigenvalue weighted by Crippen LogP contribution is 2.00. The lowest BCUT2D eigenvalue weighted by Crippen LogP contribution is -2.38. The largest absolute Gasteiger partial charge is 0.480 e. The molecule has 0 heterocycles. The van der Waals surface area contributed by atoms with Crippen molar-refractivity contribution in [3.8, 4) is 0 Å². The van der Waals surface area contributed by atoms with Gasteiger partial charge in [-0.3, -0.25) is 14.4 Å². The van der Waals surface area contributed by atoms with Crippen molar-refractivity contribution in [2.45, 2.75) is 43.9 Å². The average Bonchev–Trinajstić information content (AvgIpc) is 2.41. The second-order valence-corrected chi connectivity index (χ2v) is 4.57. The Labute approximate surface area is 117 Å². The zero-order chi connectivity index (χ0) is 15.5. The smallest absolute Gasteiger partial charge is 0.320 e. The van der Waals surface area contributed by atoms with Crippen LogP contribution in [0.15, 0.2) is 0 Å². The van der Waals surface area contributed by atoms with E-state index < -0.39 is 36.4 Å². The fourth-order valence-electron chi connectivity index (χ4n) is 1.51. The maximum atomic E-state index is 10.7. The Bertz CT molecular complexity index is 323. The number of ketones is 1. The van der Waals surface area contributed by atoms with Crippen molar-refractivity contribution in [1.82, 2.24) is 5.32 Å². The summed E-state index contributed by atoms with van der Waals surface area (Å²) in [5.74, 6) is -1.80. The number of aldehydes is 1. The number of carbonyl (C=O) groups is 3. The highest BCUT2D eigenvalue weighted by Gasteiger charge is 2.18. The number of aliphatic carboxylic acids is 1. The fraction of sp³-hybridized carbons (Fsp3) is 0.750. The quantitative estimate of drug-likeness (QED) is 0.120. The lowest BCUT2D eigenvalue weighted by Gasteiger charge is -2.17. The van der Waals surface area contributed by atoms with Gasteiger partial charge in [0.15, 0.2) is 12.1 Å². The Morgan fingerprint density at radius 3 is 2.40 bits per heavy atom. The van der Waals surface area contributed by atoms with E-state index in [1.165, 1.54) is 0 Å². The lowest BCUT2D eigenvalue weighted by atomic mass is 10.1. The first-order chi connectivity index (χ1) is 9.38. The summed E-state index contributed by atoms with van der Waals surface area (Å²) in [4.78, 5) is 31.3. The van der Waals surface area contributed by atoms with Gasteiger partial charge in [0.1, 0.15) is 6.04 Å². The number of unbranched alkanes of at least 4 members (excludes halogenated alkanes) is 1. The number of nitrogens with two attached hydrogens (primary N) is 1. The van der Waals surface area contributed by atoms with Crippen LogP contribution in [0.4, 0.5) is 0 Å². The molecule has 0 aliphatic heterocycles. The number of hydrogen-bond donors (Lipinski definition) is 5. The minimum absolute atomic E-state index is 0.0816. The van der Waals surface area contributed by atoms with Crippen LogP contribution in [0.3, 0.4) is 0 Å². The van der Waals surface area contributed by atoms with Gasteiger partial charge in [0, 0.05) is 13.0 Å². The van der Waals surface area contributed by atoms with Crippen molar-refractivity contribution >= 4 is 18.0 Å². The van der Waals surface area contributed by atoms with Crippen LogP contribution in [0.25, 0.3) is 0 Å². The summed E-state index contributed by atoms with van der Waals surface area (Å²) in [5, 5.41) is 30.3. The van der Waals surface area contributed by atoms with Crippen molar-refractivity contribution in [2.75, 3.05) is 13.1 Å². The number of carboxylic acids is 1. The molecule has 0 aromatic carbocycles. The third kappa shape index (κ3) is 8.70. The van der Waals surface area contributed by atoms with E-state index in [1.54, 1.807) is 0 Å². The standard InChI is InChI=1S/C12H22N2O6/c13-9(12(19)20)3-1-2-4-14-6-11(18)10(17)5-8(16)7-15/h7,9-11,14,17-18H,1-6,13H2,(H,19,20)/t9-,10-,11+/m0/s1/i6+1. The number of aliphatic hydroxyl groups is 2. The minimum Gasteiger partial charge on any atom is -0.480 e. The summed E-state index contributed by atoms with van der Waals surface area (Å²) >= 11 is 0. The molecule has 0 saturated carbocycles. The predicted octanol–water partition coefficient (Wildman–Crippen LogP) is -1.96. The highest BCUT2D eigenvalue weighted by atomic mass is 16.4. The van der Waals surface area contributed by atoms with Gasteiger partial charge in [-0.25, -0.2) is 0 Å².